The summed E-state index contributed by atoms with van der Waals surface area (Å²) < 4.78 is 0. The Labute approximate surface area is 166 Å². The topological polar surface area (TPSA) is 61.4 Å². The molecule has 0 fully saturated rings. The molecule has 2 N–H and O–H groups in total. The van der Waals surface area contributed by atoms with Crippen molar-refractivity contribution in [1.82, 2.24) is 0 Å². The van der Waals surface area contributed by atoms with Crippen LogP contribution in [0.2, 0.25) is 0 Å². The van der Waals surface area contributed by atoms with Gasteiger partial charge in [-0.1, -0.05) is 32.9 Å². The van der Waals surface area contributed by atoms with Crippen molar-refractivity contribution >= 4 is 29.0 Å². The second-order valence-corrected chi connectivity index (χ2v) is 8.70. The second kappa shape index (κ2) is 6.97. The standard InChI is InChI=1S/C23H27N3O2/c1-23(2,3)17-7-9-18(10-8-17)24-22(28)25-19-13-15-5-4-12-26-20(27)11-6-16(14-19)21(15)26/h7-10,13-14H,4-6,11-12H2,1-3H3,(H2,24,25,28). The predicted molar refractivity (Wildman–Crippen MR) is 113 cm³/mol. The number of urea groups is 1. The third-order valence-electron chi connectivity index (χ3n) is 5.54. The zero-order valence-corrected chi connectivity index (χ0v) is 16.8. The summed E-state index contributed by atoms with van der Waals surface area (Å²) in [7, 11) is 0. The van der Waals surface area contributed by atoms with Gasteiger partial charge < -0.3 is 15.5 Å². The number of hydrogen-bond acceptors (Lipinski definition) is 2. The lowest BCUT2D eigenvalue weighted by atomic mass is 9.87. The maximum Gasteiger partial charge on any atom is 0.323 e. The lowest BCUT2D eigenvalue weighted by molar-refractivity contribution is -0.119. The van der Waals surface area contributed by atoms with E-state index < -0.39 is 0 Å². The Balaban J connectivity index is 1.49. The summed E-state index contributed by atoms with van der Waals surface area (Å²) in [5.74, 6) is 0.214. The van der Waals surface area contributed by atoms with Crippen LogP contribution >= 0.6 is 0 Å². The molecule has 0 saturated carbocycles. The largest absolute Gasteiger partial charge is 0.323 e. The second-order valence-electron chi connectivity index (χ2n) is 8.70. The van der Waals surface area contributed by atoms with Crippen LogP contribution in [0.15, 0.2) is 36.4 Å². The number of carbonyl (C=O) groups excluding carboxylic acids is 2. The van der Waals surface area contributed by atoms with Gasteiger partial charge in [-0.15, -0.1) is 0 Å². The molecule has 3 amide bonds. The predicted octanol–water partition coefficient (Wildman–Crippen LogP) is 4.85. The lowest BCUT2D eigenvalue weighted by Crippen LogP contribution is -2.39. The van der Waals surface area contributed by atoms with E-state index in [9.17, 15) is 9.59 Å². The molecule has 0 saturated heterocycles. The molecule has 0 radical (unpaired) electrons. The minimum absolute atomic E-state index is 0.0839. The summed E-state index contributed by atoms with van der Waals surface area (Å²) in [5, 5.41) is 5.86. The van der Waals surface area contributed by atoms with Crippen molar-refractivity contribution < 1.29 is 9.59 Å². The van der Waals surface area contributed by atoms with Crippen molar-refractivity contribution in [3.63, 3.8) is 0 Å². The molecule has 0 spiro atoms. The van der Waals surface area contributed by atoms with Crippen LogP contribution in [0.1, 0.15) is 50.3 Å². The third-order valence-corrected chi connectivity index (χ3v) is 5.54. The first kappa shape index (κ1) is 18.5. The van der Waals surface area contributed by atoms with Crippen molar-refractivity contribution in [2.24, 2.45) is 0 Å². The molecule has 0 atom stereocenters. The van der Waals surface area contributed by atoms with Gasteiger partial charge in [0.1, 0.15) is 0 Å². The summed E-state index contributed by atoms with van der Waals surface area (Å²) in [6.45, 7) is 7.30. The van der Waals surface area contributed by atoms with Crippen LogP contribution in [-0.4, -0.2) is 18.5 Å². The Bertz CT molecular complexity index is 909. The molecule has 2 aliphatic heterocycles. The number of amides is 3. The molecule has 146 valence electrons. The highest BCUT2D eigenvalue weighted by atomic mass is 16.2. The molecule has 0 aromatic heterocycles. The molecule has 28 heavy (non-hydrogen) atoms. The molecule has 2 heterocycles. The van der Waals surface area contributed by atoms with E-state index in [1.807, 2.05) is 41.3 Å². The molecular formula is C23H27N3O2. The van der Waals surface area contributed by atoms with Gasteiger partial charge in [0.15, 0.2) is 0 Å². The van der Waals surface area contributed by atoms with Gasteiger partial charge in [0, 0.05) is 24.3 Å². The summed E-state index contributed by atoms with van der Waals surface area (Å²) >= 11 is 0. The van der Waals surface area contributed by atoms with Gasteiger partial charge in [-0.2, -0.15) is 0 Å². The summed E-state index contributed by atoms with van der Waals surface area (Å²) in [4.78, 5) is 26.6. The van der Waals surface area contributed by atoms with Crippen LogP contribution in [0.5, 0.6) is 0 Å². The monoisotopic (exact) mass is 377 g/mol. The Kier molecular flexibility index (Phi) is 4.61. The molecule has 2 aromatic carbocycles. The summed E-state index contributed by atoms with van der Waals surface area (Å²) in [5.41, 5.74) is 6.25. The first-order chi connectivity index (χ1) is 13.3. The average molecular weight is 377 g/mol. The molecular weight excluding hydrogens is 350 g/mol. The van der Waals surface area contributed by atoms with Gasteiger partial charge in [0.25, 0.3) is 0 Å². The molecule has 5 heteroatoms. The number of aryl methyl sites for hydroxylation is 2. The molecule has 5 nitrogen and oxygen atoms in total. The molecule has 0 aliphatic carbocycles. The summed E-state index contributed by atoms with van der Waals surface area (Å²) in [6.07, 6.45) is 3.19. The Morgan fingerprint density at radius 2 is 1.57 bits per heavy atom. The zero-order valence-electron chi connectivity index (χ0n) is 16.8. The number of nitrogens with zero attached hydrogens (tertiary/aromatic N) is 1. The van der Waals surface area contributed by atoms with Crippen LogP contribution in [0.3, 0.4) is 0 Å². The normalized spacial score (nSPS) is 15.8. The third kappa shape index (κ3) is 3.61. The maximum atomic E-state index is 12.5. The van der Waals surface area contributed by atoms with E-state index in [0.29, 0.717) is 6.42 Å². The van der Waals surface area contributed by atoms with E-state index in [2.05, 4.69) is 31.4 Å². The van der Waals surface area contributed by atoms with Crippen molar-refractivity contribution in [2.45, 2.75) is 51.9 Å². The quantitative estimate of drug-likeness (QED) is 0.786. The lowest BCUT2D eigenvalue weighted by Gasteiger charge is -2.35. The van der Waals surface area contributed by atoms with Gasteiger partial charge in [0.2, 0.25) is 5.91 Å². The fraction of sp³-hybridized carbons (Fsp3) is 0.391. The fourth-order valence-corrected chi connectivity index (χ4v) is 4.07. The minimum atomic E-state index is -0.254. The molecule has 2 aliphatic rings. The zero-order chi connectivity index (χ0) is 19.9. The number of rotatable bonds is 2. The molecule has 2 aromatic rings. The highest BCUT2D eigenvalue weighted by Crippen LogP contribution is 2.37. The van der Waals surface area contributed by atoms with Crippen LogP contribution in [0.25, 0.3) is 0 Å². The van der Waals surface area contributed by atoms with Crippen LogP contribution < -0.4 is 15.5 Å². The maximum absolute atomic E-state index is 12.5. The smallest absolute Gasteiger partial charge is 0.312 e. The number of carbonyl (C=O) groups is 2. The molecule has 4 rings (SSSR count). The Hall–Kier alpha value is -2.82. The van der Waals surface area contributed by atoms with Gasteiger partial charge in [0.05, 0.1) is 5.69 Å². The van der Waals surface area contributed by atoms with Gasteiger partial charge >= 0.3 is 6.03 Å². The van der Waals surface area contributed by atoms with Crippen molar-refractivity contribution in [1.29, 1.82) is 0 Å². The van der Waals surface area contributed by atoms with Gasteiger partial charge in [-0.05, 0) is 65.6 Å². The van der Waals surface area contributed by atoms with E-state index in [-0.39, 0.29) is 17.4 Å². The molecule has 0 bridgehead atoms. The molecule has 0 unspecified atom stereocenters. The minimum Gasteiger partial charge on any atom is -0.312 e. The summed E-state index contributed by atoms with van der Waals surface area (Å²) in [6, 6.07) is 11.7. The van der Waals surface area contributed by atoms with Gasteiger partial charge in [-0.25, -0.2) is 4.79 Å². The van der Waals surface area contributed by atoms with Crippen molar-refractivity contribution in [3.05, 3.63) is 53.1 Å². The Morgan fingerprint density at radius 3 is 2.25 bits per heavy atom. The van der Waals surface area contributed by atoms with E-state index in [0.717, 1.165) is 54.0 Å². The van der Waals surface area contributed by atoms with E-state index >= 15 is 0 Å². The Morgan fingerprint density at radius 1 is 0.929 bits per heavy atom. The average Bonchev–Trinajstić information content (AvgIpc) is 2.64. The highest BCUT2D eigenvalue weighted by Gasteiger charge is 2.29. The van der Waals surface area contributed by atoms with E-state index in [1.54, 1.807) is 0 Å². The van der Waals surface area contributed by atoms with E-state index in [1.165, 1.54) is 5.56 Å². The fourth-order valence-electron chi connectivity index (χ4n) is 4.07. The first-order valence-corrected chi connectivity index (χ1v) is 9.96. The van der Waals surface area contributed by atoms with Crippen molar-refractivity contribution in [2.75, 3.05) is 22.1 Å². The number of benzene rings is 2. The first-order valence-electron chi connectivity index (χ1n) is 9.96. The van der Waals surface area contributed by atoms with Crippen LogP contribution in [0.4, 0.5) is 21.9 Å². The van der Waals surface area contributed by atoms with Crippen molar-refractivity contribution in [3.8, 4) is 0 Å². The number of anilines is 3. The van der Waals surface area contributed by atoms with Gasteiger partial charge in [-0.3, -0.25) is 4.79 Å². The SMILES string of the molecule is CC(C)(C)c1ccc(NC(=O)Nc2cc3c4c(c2)CCC(=O)N4CCC3)cc1. The highest BCUT2D eigenvalue weighted by molar-refractivity contribution is 6.01. The van der Waals surface area contributed by atoms with Crippen LogP contribution in [-0.2, 0) is 23.1 Å². The number of hydrogen-bond donors (Lipinski definition) is 2. The number of nitrogens with one attached hydrogen (secondary N) is 2. The van der Waals surface area contributed by atoms with Crippen LogP contribution in [0, 0.1) is 0 Å². The van der Waals surface area contributed by atoms with E-state index in [4.69, 9.17) is 0 Å².